The molecule has 0 spiro atoms. The minimum Gasteiger partial charge on any atom is -0.495 e. The fourth-order valence-corrected chi connectivity index (χ4v) is 2.69. The van der Waals surface area contributed by atoms with Gasteiger partial charge < -0.3 is 9.84 Å². The second kappa shape index (κ2) is 6.14. The monoisotopic (exact) mass is 360 g/mol. The Labute approximate surface area is 130 Å². The lowest BCUT2D eigenvalue weighted by atomic mass is 10.0. The average molecular weight is 362 g/mol. The summed E-state index contributed by atoms with van der Waals surface area (Å²) in [6, 6.07) is 10.6. The number of hydrogen-bond acceptors (Lipinski definition) is 2. The summed E-state index contributed by atoms with van der Waals surface area (Å²) in [5.74, 6) is 0.483. The Bertz CT molecular complexity index is 602. The van der Waals surface area contributed by atoms with Crippen LogP contribution in [0.5, 0.6) is 5.75 Å². The predicted molar refractivity (Wildman–Crippen MR) is 81.2 cm³/mol. The van der Waals surface area contributed by atoms with Crippen molar-refractivity contribution in [1.82, 2.24) is 0 Å². The third-order valence-corrected chi connectivity index (χ3v) is 3.85. The fourth-order valence-electron chi connectivity index (χ4n) is 1.77. The highest BCUT2D eigenvalue weighted by atomic mass is 79.9. The molecule has 100 valence electrons. The molecule has 0 saturated heterocycles. The Kier molecular flexibility index (Phi) is 4.74. The van der Waals surface area contributed by atoms with Gasteiger partial charge in [-0.05, 0) is 23.8 Å². The quantitative estimate of drug-likeness (QED) is 0.846. The highest BCUT2D eigenvalue weighted by Crippen LogP contribution is 2.36. The summed E-state index contributed by atoms with van der Waals surface area (Å²) >= 11 is 15.6. The molecule has 0 aliphatic heterocycles. The normalized spacial score (nSPS) is 12.3. The molecule has 0 aliphatic rings. The van der Waals surface area contributed by atoms with E-state index in [1.165, 1.54) is 7.11 Å². The van der Waals surface area contributed by atoms with Gasteiger partial charge in [-0.1, -0.05) is 51.3 Å². The summed E-state index contributed by atoms with van der Waals surface area (Å²) in [6.07, 6.45) is -0.839. The van der Waals surface area contributed by atoms with E-state index in [-0.39, 0.29) is 0 Å². The number of ether oxygens (including phenoxy) is 1. The maximum absolute atomic E-state index is 10.4. The maximum Gasteiger partial charge on any atom is 0.138 e. The fraction of sp³-hybridized carbons (Fsp3) is 0.143. The predicted octanol–water partition coefficient (Wildman–Crippen LogP) is 4.85. The van der Waals surface area contributed by atoms with Crippen LogP contribution >= 0.6 is 39.1 Å². The van der Waals surface area contributed by atoms with E-state index in [1.807, 2.05) is 24.3 Å². The maximum atomic E-state index is 10.4. The summed E-state index contributed by atoms with van der Waals surface area (Å²) < 4.78 is 5.97. The van der Waals surface area contributed by atoms with Gasteiger partial charge >= 0.3 is 0 Å². The number of methoxy groups -OCH3 is 1. The van der Waals surface area contributed by atoms with Crippen LogP contribution in [0.3, 0.4) is 0 Å². The number of hydrogen-bond donors (Lipinski definition) is 1. The molecule has 2 aromatic rings. The van der Waals surface area contributed by atoms with Gasteiger partial charge in [0.25, 0.3) is 0 Å². The van der Waals surface area contributed by atoms with E-state index in [1.54, 1.807) is 12.1 Å². The van der Waals surface area contributed by atoms with Crippen molar-refractivity contribution in [2.45, 2.75) is 6.10 Å². The van der Waals surface area contributed by atoms with E-state index >= 15 is 0 Å². The van der Waals surface area contributed by atoms with Gasteiger partial charge in [0.2, 0.25) is 0 Å². The Balaban J connectivity index is 2.44. The van der Waals surface area contributed by atoms with Crippen LogP contribution in [-0.4, -0.2) is 12.2 Å². The number of benzene rings is 2. The molecule has 1 N–H and O–H groups in total. The van der Waals surface area contributed by atoms with Crippen LogP contribution in [0, 0.1) is 0 Å². The molecule has 1 atom stereocenters. The highest BCUT2D eigenvalue weighted by Gasteiger charge is 2.17. The molecule has 2 nitrogen and oxygen atoms in total. The molecule has 2 rings (SSSR count). The molecule has 0 amide bonds. The third-order valence-electron chi connectivity index (χ3n) is 2.73. The van der Waals surface area contributed by atoms with Gasteiger partial charge in [-0.25, -0.2) is 0 Å². The standard InChI is InChI=1S/C14H11BrCl2O2/c1-19-13-7-11(16)10(6-12(13)17)14(18)8-3-2-4-9(15)5-8/h2-7,14,18H,1H3. The third kappa shape index (κ3) is 3.23. The Morgan fingerprint density at radius 3 is 2.53 bits per heavy atom. The van der Waals surface area contributed by atoms with Gasteiger partial charge in [0.1, 0.15) is 11.9 Å². The molecule has 0 aromatic heterocycles. The van der Waals surface area contributed by atoms with Gasteiger partial charge in [-0.15, -0.1) is 0 Å². The minimum atomic E-state index is -0.839. The summed E-state index contributed by atoms with van der Waals surface area (Å²) in [6.45, 7) is 0. The first-order valence-corrected chi connectivity index (χ1v) is 7.04. The van der Waals surface area contributed by atoms with Gasteiger partial charge in [0.05, 0.1) is 17.2 Å². The molecule has 0 fully saturated rings. The smallest absolute Gasteiger partial charge is 0.138 e. The van der Waals surface area contributed by atoms with Crippen molar-refractivity contribution in [3.05, 3.63) is 62.0 Å². The second-order valence-corrected chi connectivity index (χ2v) is 5.70. The number of halogens is 3. The number of aliphatic hydroxyl groups excluding tert-OH is 1. The molecule has 19 heavy (non-hydrogen) atoms. The molecule has 0 aliphatic carbocycles. The van der Waals surface area contributed by atoms with Crippen LogP contribution in [0.2, 0.25) is 10.0 Å². The van der Waals surface area contributed by atoms with Crippen LogP contribution in [0.1, 0.15) is 17.2 Å². The van der Waals surface area contributed by atoms with Crippen molar-refractivity contribution < 1.29 is 9.84 Å². The lowest BCUT2D eigenvalue weighted by Gasteiger charge is -2.15. The molecule has 0 saturated carbocycles. The first-order chi connectivity index (χ1) is 9.02. The SMILES string of the molecule is COc1cc(Cl)c(C(O)c2cccc(Br)c2)cc1Cl. The zero-order valence-corrected chi connectivity index (χ0v) is 13.1. The van der Waals surface area contributed by atoms with Crippen molar-refractivity contribution in [3.8, 4) is 5.75 Å². The van der Waals surface area contributed by atoms with Crippen molar-refractivity contribution >= 4 is 39.1 Å². The summed E-state index contributed by atoms with van der Waals surface area (Å²) in [5.41, 5.74) is 1.28. The van der Waals surface area contributed by atoms with E-state index in [0.29, 0.717) is 21.4 Å². The van der Waals surface area contributed by atoms with Crippen molar-refractivity contribution in [2.24, 2.45) is 0 Å². The molecular weight excluding hydrogens is 351 g/mol. The van der Waals surface area contributed by atoms with E-state index < -0.39 is 6.10 Å². The minimum absolute atomic E-state index is 0.411. The second-order valence-electron chi connectivity index (χ2n) is 3.97. The number of rotatable bonds is 3. The van der Waals surface area contributed by atoms with Gasteiger partial charge in [0.15, 0.2) is 0 Å². The van der Waals surface area contributed by atoms with Crippen molar-refractivity contribution in [1.29, 1.82) is 0 Å². The van der Waals surface area contributed by atoms with E-state index in [0.717, 1.165) is 10.0 Å². The Morgan fingerprint density at radius 1 is 1.16 bits per heavy atom. The molecule has 5 heteroatoms. The van der Waals surface area contributed by atoms with E-state index in [9.17, 15) is 5.11 Å². The van der Waals surface area contributed by atoms with E-state index in [4.69, 9.17) is 27.9 Å². The van der Waals surface area contributed by atoms with Gasteiger partial charge in [-0.2, -0.15) is 0 Å². The van der Waals surface area contributed by atoms with Crippen molar-refractivity contribution in [3.63, 3.8) is 0 Å². The summed E-state index contributed by atoms with van der Waals surface area (Å²) in [7, 11) is 1.52. The average Bonchev–Trinajstić information content (AvgIpc) is 2.40. The highest BCUT2D eigenvalue weighted by molar-refractivity contribution is 9.10. The lowest BCUT2D eigenvalue weighted by molar-refractivity contribution is 0.220. The van der Waals surface area contributed by atoms with Crippen LogP contribution in [0.25, 0.3) is 0 Å². The van der Waals surface area contributed by atoms with Gasteiger partial charge in [-0.3, -0.25) is 0 Å². The summed E-state index contributed by atoms with van der Waals surface area (Å²) in [4.78, 5) is 0. The van der Waals surface area contributed by atoms with Crippen LogP contribution in [-0.2, 0) is 0 Å². The van der Waals surface area contributed by atoms with Crippen LogP contribution in [0.15, 0.2) is 40.9 Å². The molecule has 1 unspecified atom stereocenters. The first kappa shape index (κ1) is 14.7. The Hall–Kier alpha value is -0.740. The Morgan fingerprint density at radius 2 is 1.89 bits per heavy atom. The lowest BCUT2D eigenvalue weighted by Crippen LogP contribution is -2.01. The topological polar surface area (TPSA) is 29.5 Å². The molecule has 0 bridgehead atoms. The van der Waals surface area contributed by atoms with Crippen molar-refractivity contribution in [2.75, 3.05) is 7.11 Å². The molecule has 0 radical (unpaired) electrons. The molecule has 0 heterocycles. The molecular formula is C14H11BrCl2O2. The first-order valence-electron chi connectivity index (χ1n) is 5.49. The van der Waals surface area contributed by atoms with Crippen LogP contribution < -0.4 is 4.74 Å². The van der Waals surface area contributed by atoms with Crippen LogP contribution in [0.4, 0.5) is 0 Å². The number of aliphatic hydroxyl groups is 1. The van der Waals surface area contributed by atoms with Gasteiger partial charge in [0, 0.05) is 16.1 Å². The molecule has 2 aromatic carbocycles. The summed E-state index contributed by atoms with van der Waals surface area (Å²) in [5, 5.41) is 11.2. The zero-order valence-electron chi connectivity index (χ0n) is 10.0. The van der Waals surface area contributed by atoms with E-state index in [2.05, 4.69) is 15.9 Å². The largest absolute Gasteiger partial charge is 0.495 e. The zero-order chi connectivity index (χ0) is 14.0.